The molecule has 0 aliphatic rings. The highest BCUT2D eigenvalue weighted by molar-refractivity contribution is 14.1. The SMILES string of the molecule is CCCc1nc(COc2cc(C(=O)O)ccc2I)no1. The molecule has 0 unspecified atom stereocenters. The first-order chi connectivity index (χ1) is 9.60. The maximum Gasteiger partial charge on any atom is 0.335 e. The van der Waals surface area contributed by atoms with Crippen LogP contribution in [-0.4, -0.2) is 21.2 Å². The summed E-state index contributed by atoms with van der Waals surface area (Å²) in [6.45, 7) is 2.17. The van der Waals surface area contributed by atoms with E-state index in [1.54, 1.807) is 6.07 Å². The molecular formula is C13H13IN2O4. The summed E-state index contributed by atoms with van der Waals surface area (Å²) in [5, 5.41) is 12.8. The van der Waals surface area contributed by atoms with Crippen molar-refractivity contribution in [3.8, 4) is 5.75 Å². The first-order valence-corrected chi connectivity index (χ1v) is 7.15. The summed E-state index contributed by atoms with van der Waals surface area (Å²) >= 11 is 2.08. The van der Waals surface area contributed by atoms with E-state index in [9.17, 15) is 4.79 Å². The van der Waals surface area contributed by atoms with Crippen molar-refractivity contribution in [3.63, 3.8) is 0 Å². The van der Waals surface area contributed by atoms with Crippen molar-refractivity contribution in [3.05, 3.63) is 39.0 Å². The number of benzene rings is 1. The van der Waals surface area contributed by atoms with Gasteiger partial charge in [-0.15, -0.1) is 0 Å². The van der Waals surface area contributed by atoms with E-state index in [2.05, 4.69) is 32.7 Å². The van der Waals surface area contributed by atoms with E-state index < -0.39 is 5.97 Å². The van der Waals surface area contributed by atoms with Crippen molar-refractivity contribution < 1.29 is 19.2 Å². The molecule has 2 aromatic rings. The van der Waals surface area contributed by atoms with Gasteiger partial charge in [0.1, 0.15) is 5.75 Å². The summed E-state index contributed by atoms with van der Waals surface area (Å²) in [4.78, 5) is 15.1. The van der Waals surface area contributed by atoms with Gasteiger partial charge in [0, 0.05) is 6.42 Å². The highest BCUT2D eigenvalue weighted by Gasteiger charge is 2.10. The fourth-order valence-corrected chi connectivity index (χ4v) is 2.04. The number of rotatable bonds is 6. The zero-order chi connectivity index (χ0) is 14.5. The van der Waals surface area contributed by atoms with Crippen molar-refractivity contribution in [2.24, 2.45) is 0 Å². The molecule has 0 aliphatic heterocycles. The van der Waals surface area contributed by atoms with Gasteiger partial charge in [-0.2, -0.15) is 4.98 Å². The van der Waals surface area contributed by atoms with Crippen LogP contribution in [0, 0.1) is 3.57 Å². The molecule has 0 amide bonds. The number of aromatic nitrogens is 2. The minimum Gasteiger partial charge on any atom is -0.484 e. The molecule has 1 N–H and O–H groups in total. The van der Waals surface area contributed by atoms with Crippen LogP contribution >= 0.6 is 22.6 Å². The number of halogens is 1. The highest BCUT2D eigenvalue weighted by atomic mass is 127. The number of nitrogens with zero attached hydrogens (tertiary/aromatic N) is 2. The Bertz CT molecular complexity index is 612. The van der Waals surface area contributed by atoms with Crippen LogP contribution in [-0.2, 0) is 13.0 Å². The molecule has 0 bridgehead atoms. The molecule has 0 saturated carbocycles. The van der Waals surface area contributed by atoms with Gasteiger partial charge in [-0.05, 0) is 47.2 Å². The van der Waals surface area contributed by atoms with Gasteiger partial charge in [0.25, 0.3) is 0 Å². The molecule has 7 heteroatoms. The Morgan fingerprint density at radius 2 is 2.30 bits per heavy atom. The Kier molecular flexibility index (Phi) is 4.94. The summed E-state index contributed by atoms with van der Waals surface area (Å²) in [6, 6.07) is 4.71. The summed E-state index contributed by atoms with van der Waals surface area (Å²) in [5.41, 5.74) is 0.181. The number of carboxylic acid groups (broad SMARTS) is 1. The number of carboxylic acids is 1. The minimum absolute atomic E-state index is 0.145. The molecular weight excluding hydrogens is 375 g/mol. The average molecular weight is 388 g/mol. The smallest absolute Gasteiger partial charge is 0.335 e. The second-order valence-electron chi connectivity index (χ2n) is 4.09. The summed E-state index contributed by atoms with van der Waals surface area (Å²) in [5.74, 6) is 0.536. The molecule has 106 valence electrons. The van der Waals surface area contributed by atoms with E-state index in [1.807, 2.05) is 6.92 Å². The number of hydrogen-bond donors (Lipinski definition) is 1. The van der Waals surface area contributed by atoms with Crippen molar-refractivity contribution >= 4 is 28.6 Å². The minimum atomic E-state index is -0.990. The fourth-order valence-electron chi connectivity index (χ4n) is 1.55. The van der Waals surface area contributed by atoms with E-state index in [4.69, 9.17) is 14.4 Å². The topological polar surface area (TPSA) is 85.5 Å². The Balaban J connectivity index is 2.05. The Morgan fingerprint density at radius 1 is 1.50 bits per heavy atom. The third-order valence-corrected chi connectivity index (χ3v) is 3.40. The van der Waals surface area contributed by atoms with Crippen molar-refractivity contribution in [1.82, 2.24) is 10.1 Å². The molecule has 6 nitrogen and oxygen atoms in total. The van der Waals surface area contributed by atoms with Crippen LogP contribution in [0.15, 0.2) is 22.7 Å². The van der Waals surface area contributed by atoms with Crippen LogP contribution in [0.1, 0.15) is 35.4 Å². The Hall–Kier alpha value is -1.64. The quantitative estimate of drug-likeness (QED) is 0.767. The molecule has 1 aromatic carbocycles. The molecule has 0 fully saturated rings. The second kappa shape index (κ2) is 6.69. The first kappa shape index (κ1) is 14.8. The third kappa shape index (κ3) is 3.69. The van der Waals surface area contributed by atoms with Crippen molar-refractivity contribution in [2.45, 2.75) is 26.4 Å². The summed E-state index contributed by atoms with van der Waals surface area (Å²) < 4.78 is 11.4. The van der Waals surface area contributed by atoms with Crippen LogP contribution in [0.25, 0.3) is 0 Å². The lowest BCUT2D eigenvalue weighted by Crippen LogP contribution is -2.02. The van der Waals surface area contributed by atoms with Crippen LogP contribution < -0.4 is 4.74 Å². The van der Waals surface area contributed by atoms with Gasteiger partial charge in [-0.25, -0.2) is 4.79 Å². The van der Waals surface area contributed by atoms with Gasteiger partial charge in [0.15, 0.2) is 6.61 Å². The van der Waals surface area contributed by atoms with Gasteiger partial charge < -0.3 is 14.4 Å². The maximum atomic E-state index is 10.9. The number of aryl methyl sites for hydroxylation is 1. The largest absolute Gasteiger partial charge is 0.484 e. The van der Waals surface area contributed by atoms with Crippen molar-refractivity contribution in [2.75, 3.05) is 0 Å². The zero-order valence-electron chi connectivity index (χ0n) is 10.8. The number of ether oxygens (including phenoxy) is 1. The molecule has 1 heterocycles. The molecule has 0 radical (unpaired) electrons. The van der Waals surface area contributed by atoms with Crippen LogP contribution in [0.5, 0.6) is 5.75 Å². The maximum absolute atomic E-state index is 10.9. The average Bonchev–Trinajstić information content (AvgIpc) is 2.86. The Labute approximate surface area is 129 Å². The zero-order valence-corrected chi connectivity index (χ0v) is 13.0. The van der Waals surface area contributed by atoms with Crippen molar-refractivity contribution in [1.29, 1.82) is 0 Å². The van der Waals surface area contributed by atoms with Gasteiger partial charge >= 0.3 is 5.97 Å². The predicted molar refractivity (Wildman–Crippen MR) is 78.7 cm³/mol. The van der Waals surface area contributed by atoms with Gasteiger partial charge in [-0.3, -0.25) is 0 Å². The summed E-state index contributed by atoms with van der Waals surface area (Å²) in [6.07, 6.45) is 1.67. The standard InChI is InChI=1S/C13H13IN2O4/c1-2-3-12-15-11(16-20-12)7-19-10-6-8(13(17)18)4-5-9(10)14/h4-6H,2-3,7H2,1H3,(H,17,18). The fraction of sp³-hybridized carbons (Fsp3) is 0.308. The molecule has 0 saturated heterocycles. The predicted octanol–water partition coefficient (Wildman–Crippen LogP) is 2.90. The van der Waals surface area contributed by atoms with Crippen LogP contribution in [0.3, 0.4) is 0 Å². The normalized spacial score (nSPS) is 10.5. The lowest BCUT2D eigenvalue weighted by atomic mass is 10.2. The summed E-state index contributed by atoms with van der Waals surface area (Å²) in [7, 11) is 0. The monoisotopic (exact) mass is 388 g/mol. The van der Waals surface area contributed by atoms with E-state index in [1.165, 1.54) is 12.1 Å². The first-order valence-electron chi connectivity index (χ1n) is 6.07. The number of aromatic carboxylic acids is 1. The van der Waals surface area contributed by atoms with Gasteiger partial charge in [0.2, 0.25) is 11.7 Å². The van der Waals surface area contributed by atoms with Crippen LogP contribution in [0.4, 0.5) is 0 Å². The lowest BCUT2D eigenvalue weighted by molar-refractivity contribution is 0.0696. The Morgan fingerprint density at radius 3 is 3.00 bits per heavy atom. The van der Waals surface area contributed by atoms with E-state index in [0.717, 1.165) is 16.4 Å². The van der Waals surface area contributed by atoms with Gasteiger partial charge in [-0.1, -0.05) is 12.1 Å². The third-order valence-electron chi connectivity index (χ3n) is 2.51. The molecule has 0 aliphatic carbocycles. The lowest BCUT2D eigenvalue weighted by Gasteiger charge is -2.06. The molecule has 0 atom stereocenters. The van der Waals surface area contributed by atoms with E-state index in [0.29, 0.717) is 17.5 Å². The number of carbonyl (C=O) groups is 1. The number of hydrogen-bond acceptors (Lipinski definition) is 5. The molecule has 1 aromatic heterocycles. The van der Waals surface area contributed by atoms with E-state index >= 15 is 0 Å². The van der Waals surface area contributed by atoms with E-state index in [-0.39, 0.29) is 12.2 Å². The van der Waals surface area contributed by atoms with Gasteiger partial charge in [0.05, 0.1) is 9.13 Å². The molecule has 20 heavy (non-hydrogen) atoms. The molecule has 2 rings (SSSR count). The molecule has 0 spiro atoms. The second-order valence-corrected chi connectivity index (χ2v) is 5.26. The highest BCUT2D eigenvalue weighted by Crippen LogP contribution is 2.23. The van der Waals surface area contributed by atoms with Crippen LogP contribution in [0.2, 0.25) is 0 Å².